The molecule has 0 bridgehead atoms. The number of aryl methyl sites for hydroxylation is 1. The van der Waals surface area contributed by atoms with E-state index in [4.69, 9.17) is 5.73 Å². The highest BCUT2D eigenvalue weighted by Crippen LogP contribution is 2.08. The Kier molecular flexibility index (Phi) is 5.89. The van der Waals surface area contributed by atoms with Gasteiger partial charge in [0.1, 0.15) is 0 Å². The van der Waals surface area contributed by atoms with Crippen molar-refractivity contribution >= 4 is 17.8 Å². The fraction of sp³-hybridized carbons (Fsp3) is 0.0625. The molecule has 0 saturated heterocycles. The van der Waals surface area contributed by atoms with Crippen molar-refractivity contribution in [2.24, 2.45) is 5.73 Å². The predicted octanol–water partition coefficient (Wildman–Crippen LogP) is 3.82. The summed E-state index contributed by atoms with van der Waals surface area (Å²) in [7, 11) is 0. The lowest BCUT2D eigenvalue weighted by Gasteiger charge is -2.00. The van der Waals surface area contributed by atoms with E-state index in [0.717, 1.165) is 11.3 Å². The first-order chi connectivity index (χ1) is 9.11. The van der Waals surface area contributed by atoms with Crippen molar-refractivity contribution in [2.45, 2.75) is 6.92 Å². The number of hydrogen-bond acceptors (Lipinski definition) is 1. The Bertz CT molecular complexity index is 535. The zero-order chi connectivity index (χ0) is 14.1. The minimum Gasteiger partial charge on any atom is -0.351 e. The Hall–Kier alpha value is -2.55. The Morgan fingerprint density at radius 2 is 1.84 bits per heavy atom. The molecular weight excluding hydrogens is 236 g/mol. The molecule has 98 valence electrons. The molecule has 0 radical (unpaired) electrons. The van der Waals surface area contributed by atoms with Crippen LogP contribution >= 0.6 is 0 Å². The van der Waals surface area contributed by atoms with Crippen LogP contribution in [0, 0.1) is 6.92 Å². The second-order valence-corrected chi connectivity index (χ2v) is 3.97. The highest BCUT2D eigenvalue weighted by Gasteiger charge is 1.93. The molecule has 0 aliphatic heterocycles. The molecule has 2 rings (SSSR count). The lowest BCUT2D eigenvalue weighted by atomic mass is 10.2. The topological polar surface area (TPSA) is 55.1 Å². The number of hydrogen-bond donors (Lipinski definition) is 2. The Morgan fingerprint density at radius 1 is 1.16 bits per heavy atom. The fourth-order valence-electron chi connectivity index (χ4n) is 1.45. The number of carbonyl (C=O) groups is 1. The summed E-state index contributed by atoms with van der Waals surface area (Å²) in [6.45, 7) is 5.58. The van der Waals surface area contributed by atoms with Crippen LogP contribution in [0.5, 0.6) is 0 Å². The van der Waals surface area contributed by atoms with Gasteiger partial charge in [-0.25, -0.2) is 4.79 Å². The van der Waals surface area contributed by atoms with Crippen LogP contribution in [0.2, 0.25) is 0 Å². The Balaban J connectivity index is 0.000000200. The quantitative estimate of drug-likeness (QED) is 0.841. The van der Waals surface area contributed by atoms with E-state index in [1.165, 1.54) is 5.56 Å². The number of benzene rings is 2. The van der Waals surface area contributed by atoms with Gasteiger partial charge < -0.3 is 11.1 Å². The van der Waals surface area contributed by atoms with E-state index < -0.39 is 6.03 Å². The number of carbonyl (C=O) groups excluding carboxylic acids is 1. The van der Waals surface area contributed by atoms with Gasteiger partial charge in [-0.15, -0.1) is 0 Å². The molecule has 0 fully saturated rings. The smallest absolute Gasteiger partial charge is 0.316 e. The standard InChI is InChI=1S/C8H10N2O.C8H8/c1-6-3-2-4-7(5-6)10-8(9)11;1-2-8-6-4-3-5-7-8/h2-5H,1H3,(H3,9,10,11);2-7H,1H2. The van der Waals surface area contributed by atoms with Gasteiger partial charge in [0, 0.05) is 5.69 Å². The summed E-state index contributed by atoms with van der Waals surface area (Å²) in [4.78, 5) is 10.4. The van der Waals surface area contributed by atoms with Crippen molar-refractivity contribution in [1.29, 1.82) is 0 Å². The summed E-state index contributed by atoms with van der Waals surface area (Å²) < 4.78 is 0. The van der Waals surface area contributed by atoms with Gasteiger partial charge in [-0.05, 0) is 30.2 Å². The fourth-order valence-corrected chi connectivity index (χ4v) is 1.45. The molecule has 0 heterocycles. The number of amides is 2. The van der Waals surface area contributed by atoms with Gasteiger partial charge in [-0.3, -0.25) is 0 Å². The summed E-state index contributed by atoms with van der Waals surface area (Å²) >= 11 is 0. The second-order valence-electron chi connectivity index (χ2n) is 3.97. The average molecular weight is 254 g/mol. The van der Waals surface area contributed by atoms with Crippen LogP contribution in [0.25, 0.3) is 6.08 Å². The van der Waals surface area contributed by atoms with E-state index in [1.54, 1.807) is 6.07 Å². The summed E-state index contributed by atoms with van der Waals surface area (Å²) in [5.41, 5.74) is 7.93. The van der Waals surface area contributed by atoms with Crippen LogP contribution < -0.4 is 11.1 Å². The molecule has 2 aromatic rings. The molecular formula is C16H18N2O. The molecule has 19 heavy (non-hydrogen) atoms. The van der Waals surface area contributed by atoms with Gasteiger partial charge in [-0.1, -0.05) is 55.1 Å². The molecule has 3 heteroatoms. The number of urea groups is 1. The number of primary amides is 1. The maximum atomic E-state index is 10.4. The van der Waals surface area contributed by atoms with Crippen molar-refractivity contribution in [3.8, 4) is 0 Å². The van der Waals surface area contributed by atoms with Crippen molar-refractivity contribution < 1.29 is 4.79 Å². The predicted molar refractivity (Wildman–Crippen MR) is 80.9 cm³/mol. The third-order valence-electron chi connectivity index (χ3n) is 2.32. The van der Waals surface area contributed by atoms with Crippen molar-refractivity contribution in [3.63, 3.8) is 0 Å². The van der Waals surface area contributed by atoms with Gasteiger partial charge >= 0.3 is 6.03 Å². The number of rotatable bonds is 2. The maximum absolute atomic E-state index is 10.4. The van der Waals surface area contributed by atoms with Crippen LogP contribution in [-0.4, -0.2) is 6.03 Å². The molecule has 2 amide bonds. The summed E-state index contributed by atoms with van der Waals surface area (Å²) in [6, 6.07) is 17.0. The third-order valence-corrected chi connectivity index (χ3v) is 2.32. The van der Waals surface area contributed by atoms with Gasteiger partial charge in [-0.2, -0.15) is 0 Å². The van der Waals surface area contributed by atoms with Crippen molar-refractivity contribution in [1.82, 2.24) is 0 Å². The van der Waals surface area contributed by atoms with Gasteiger partial charge in [0.15, 0.2) is 0 Å². The average Bonchev–Trinajstić information content (AvgIpc) is 2.40. The Labute approximate surface area is 113 Å². The number of nitrogens with one attached hydrogen (secondary N) is 1. The van der Waals surface area contributed by atoms with Crippen molar-refractivity contribution in [2.75, 3.05) is 5.32 Å². The maximum Gasteiger partial charge on any atom is 0.316 e. The molecule has 2 aromatic carbocycles. The third kappa shape index (κ3) is 6.07. The van der Waals surface area contributed by atoms with Crippen LogP contribution in [0.1, 0.15) is 11.1 Å². The first-order valence-corrected chi connectivity index (χ1v) is 5.92. The van der Waals surface area contributed by atoms with E-state index >= 15 is 0 Å². The lowest BCUT2D eigenvalue weighted by Crippen LogP contribution is -2.19. The molecule has 0 atom stereocenters. The first kappa shape index (κ1) is 14.5. The summed E-state index contributed by atoms with van der Waals surface area (Å²) in [5, 5.41) is 2.48. The minimum atomic E-state index is -0.532. The van der Waals surface area contributed by atoms with Crippen molar-refractivity contribution in [3.05, 3.63) is 72.3 Å². The largest absolute Gasteiger partial charge is 0.351 e. The van der Waals surface area contributed by atoms with Gasteiger partial charge in [0.05, 0.1) is 0 Å². The summed E-state index contributed by atoms with van der Waals surface area (Å²) in [6.07, 6.45) is 1.83. The van der Waals surface area contributed by atoms with E-state index in [0.29, 0.717) is 0 Å². The van der Waals surface area contributed by atoms with E-state index in [1.807, 2.05) is 61.5 Å². The Morgan fingerprint density at radius 3 is 2.32 bits per heavy atom. The van der Waals surface area contributed by atoms with E-state index in [2.05, 4.69) is 11.9 Å². The van der Waals surface area contributed by atoms with Gasteiger partial charge in [0.25, 0.3) is 0 Å². The van der Waals surface area contributed by atoms with Gasteiger partial charge in [0.2, 0.25) is 0 Å². The molecule has 0 aliphatic rings. The monoisotopic (exact) mass is 254 g/mol. The second kappa shape index (κ2) is 7.71. The normalized spacial score (nSPS) is 8.89. The molecule has 0 saturated carbocycles. The van der Waals surface area contributed by atoms with Crippen LogP contribution in [-0.2, 0) is 0 Å². The van der Waals surface area contributed by atoms with Crippen LogP contribution in [0.4, 0.5) is 10.5 Å². The lowest BCUT2D eigenvalue weighted by molar-refractivity contribution is 0.259. The highest BCUT2D eigenvalue weighted by atomic mass is 16.2. The molecule has 0 unspecified atom stereocenters. The van der Waals surface area contributed by atoms with Crippen LogP contribution in [0.3, 0.4) is 0 Å². The number of nitrogens with two attached hydrogens (primary N) is 1. The number of anilines is 1. The molecule has 0 aliphatic carbocycles. The SMILES string of the molecule is C=Cc1ccccc1.Cc1cccc(NC(N)=O)c1. The van der Waals surface area contributed by atoms with E-state index in [-0.39, 0.29) is 0 Å². The molecule has 3 N–H and O–H groups in total. The van der Waals surface area contributed by atoms with Crippen LogP contribution in [0.15, 0.2) is 61.2 Å². The van der Waals surface area contributed by atoms with E-state index in [9.17, 15) is 4.79 Å². The first-order valence-electron chi connectivity index (χ1n) is 5.92. The molecule has 3 nitrogen and oxygen atoms in total. The zero-order valence-electron chi connectivity index (χ0n) is 11.0. The highest BCUT2D eigenvalue weighted by molar-refractivity contribution is 5.87. The summed E-state index contributed by atoms with van der Waals surface area (Å²) in [5.74, 6) is 0. The molecule has 0 aromatic heterocycles. The molecule has 0 spiro atoms. The zero-order valence-corrected chi connectivity index (χ0v) is 11.0. The minimum absolute atomic E-state index is 0.532.